The average molecular weight is 335 g/mol. The number of hydrogen-bond acceptors (Lipinski definition) is 2. The molecule has 0 aliphatic carbocycles. The summed E-state index contributed by atoms with van der Waals surface area (Å²) in [7, 11) is 2.01. The van der Waals surface area contributed by atoms with Crippen molar-refractivity contribution >= 4 is 24.0 Å². The molecule has 0 amide bonds. The third kappa shape index (κ3) is 5.10. The molecule has 2 nitrogen and oxygen atoms in total. The van der Waals surface area contributed by atoms with Gasteiger partial charge in [0.05, 0.1) is 5.02 Å². The van der Waals surface area contributed by atoms with Gasteiger partial charge >= 0.3 is 0 Å². The monoisotopic (exact) mass is 334 g/mol. The second kappa shape index (κ2) is 8.94. The van der Waals surface area contributed by atoms with Crippen molar-refractivity contribution in [1.82, 2.24) is 10.2 Å². The Kier molecular flexibility index (Phi) is 7.96. The number of nitrogens with one attached hydrogen (secondary N) is 1. The zero-order chi connectivity index (χ0) is 14.5. The molecule has 0 bridgehead atoms. The highest BCUT2D eigenvalue weighted by Gasteiger charge is 2.23. The van der Waals surface area contributed by atoms with Crippen LogP contribution in [0.2, 0.25) is 5.02 Å². The molecule has 5 heteroatoms. The quantitative estimate of drug-likeness (QED) is 0.864. The number of hydrogen-bond donors (Lipinski definition) is 1. The van der Waals surface area contributed by atoms with Crippen LogP contribution in [-0.4, -0.2) is 31.6 Å². The van der Waals surface area contributed by atoms with Crippen LogP contribution in [0.5, 0.6) is 0 Å². The van der Waals surface area contributed by atoms with Gasteiger partial charge in [-0.2, -0.15) is 0 Å². The minimum absolute atomic E-state index is 0. The van der Waals surface area contributed by atoms with E-state index < -0.39 is 0 Å². The van der Waals surface area contributed by atoms with E-state index >= 15 is 0 Å². The van der Waals surface area contributed by atoms with Crippen molar-refractivity contribution in [1.29, 1.82) is 0 Å². The van der Waals surface area contributed by atoms with Gasteiger partial charge in [-0.1, -0.05) is 17.7 Å². The number of nitrogens with zero attached hydrogens (tertiary/aromatic N) is 1. The molecular formula is C16H25Cl2FN2. The molecule has 0 radical (unpaired) electrons. The molecule has 1 aromatic carbocycles. The van der Waals surface area contributed by atoms with Gasteiger partial charge in [-0.05, 0) is 76.5 Å². The first-order valence-corrected chi connectivity index (χ1v) is 7.83. The Morgan fingerprint density at radius 2 is 2.05 bits per heavy atom. The lowest BCUT2D eigenvalue weighted by atomic mass is 9.92. The predicted octanol–water partition coefficient (Wildman–Crippen LogP) is 4.28. The molecule has 1 aromatic rings. The van der Waals surface area contributed by atoms with Crippen LogP contribution in [-0.2, 0) is 0 Å². The zero-order valence-electron chi connectivity index (χ0n) is 12.7. The summed E-state index contributed by atoms with van der Waals surface area (Å²) in [5.74, 6) is 0.496. The van der Waals surface area contributed by atoms with Crippen molar-refractivity contribution in [2.45, 2.75) is 32.2 Å². The Morgan fingerprint density at radius 1 is 1.38 bits per heavy atom. The van der Waals surface area contributed by atoms with Crippen LogP contribution in [0.1, 0.15) is 37.8 Å². The van der Waals surface area contributed by atoms with E-state index in [1.54, 1.807) is 6.07 Å². The molecule has 1 saturated heterocycles. The lowest BCUT2D eigenvalue weighted by molar-refractivity contribution is 0.137. The predicted molar refractivity (Wildman–Crippen MR) is 89.9 cm³/mol. The molecule has 0 aromatic heterocycles. The first-order valence-electron chi connectivity index (χ1n) is 7.45. The fourth-order valence-electron chi connectivity index (χ4n) is 2.96. The summed E-state index contributed by atoms with van der Waals surface area (Å²) in [5, 5.41) is 3.44. The van der Waals surface area contributed by atoms with E-state index in [1.165, 1.54) is 25.3 Å². The van der Waals surface area contributed by atoms with Gasteiger partial charge < -0.3 is 5.32 Å². The lowest BCUT2D eigenvalue weighted by Crippen LogP contribution is -2.36. The molecule has 120 valence electrons. The Bertz CT molecular complexity index is 434. The van der Waals surface area contributed by atoms with E-state index in [0.29, 0.717) is 6.04 Å². The highest BCUT2D eigenvalue weighted by atomic mass is 35.5. The van der Waals surface area contributed by atoms with Crippen LogP contribution in [0, 0.1) is 11.7 Å². The zero-order valence-corrected chi connectivity index (χ0v) is 14.3. The molecule has 1 heterocycles. The summed E-state index contributed by atoms with van der Waals surface area (Å²) in [4.78, 5) is 2.47. The molecule has 1 N–H and O–H groups in total. The molecule has 0 spiro atoms. The molecule has 1 unspecified atom stereocenters. The van der Waals surface area contributed by atoms with Crippen molar-refractivity contribution in [3.8, 4) is 0 Å². The summed E-state index contributed by atoms with van der Waals surface area (Å²) >= 11 is 5.88. The van der Waals surface area contributed by atoms with Gasteiger partial charge in [-0.15, -0.1) is 12.4 Å². The highest BCUT2D eigenvalue weighted by molar-refractivity contribution is 6.30. The number of piperidine rings is 1. The van der Waals surface area contributed by atoms with E-state index in [0.717, 1.165) is 31.1 Å². The second-order valence-electron chi connectivity index (χ2n) is 5.72. The molecule has 2 rings (SSSR count). The van der Waals surface area contributed by atoms with Crippen LogP contribution in [0.4, 0.5) is 4.39 Å². The molecule has 0 saturated carbocycles. The van der Waals surface area contributed by atoms with E-state index in [4.69, 9.17) is 11.6 Å². The highest BCUT2D eigenvalue weighted by Crippen LogP contribution is 2.29. The van der Waals surface area contributed by atoms with Gasteiger partial charge in [0.2, 0.25) is 0 Å². The van der Waals surface area contributed by atoms with Crippen molar-refractivity contribution in [2.75, 3.05) is 26.7 Å². The summed E-state index contributed by atoms with van der Waals surface area (Å²) < 4.78 is 13.2. The second-order valence-corrected chi connectivity index (χ2v) is 6.13. The van der Waals surface area contributed by atoms with Crippen LogP contribution >= 0.6 is 24.0 Å². The summed E-state index contributed by atoms with van der Waals surface area (Å²) in [5.41, 5.74) is 1.10. The number of halogens is 3. The maximum atomic E-state index is 13.2. The average Bonchev–Trinajstić information content (AvgIpc) is 2.48. The normalized spacial score (nSPS) is 18.3. The molecule has 1 aliphatic heterocycles. The Hall–Kier alpha value is -0.350. The number of likely N-dealkylation sites (tertiary alicyclic amines) is 1. The summed E-state index contributed by atoms with van der Waals surface area (Å²) in [6.07, 6.45) is 3.77. The number of rotatable bonds is 5. The summed E-state index contributed by atoms with van der Waals surface area (Å²) in [6.45, 7) is 5.51. The van der Waals surface area contributed by atoms with Gasteiger partial charge in [0.15, 0.2) is 0 Å². The van der Waals surface area contributed by atoms with Gasteiger partial charge in [0.25, 0.3) is 0 Å². The lowest BCUT2D eigenvalue weighted by Gasteiger charge is -2.36. The molecule has 1 aliphatic rings. The number of benzene rings is 1. The van der Waals surface area contributed by atoms with E-state index in [9.17, 15) is 4.39 Å². The smallest absolute Gasteiger partial charge is 0.141 e. The third-order valence-corrected chi connectivity index (χ3v) is 4.72. The minimum atomic E-state index is -0.339. The van der Waals surface area contributed by atoms with Crippen LogP contribution in [0.25, 0.3) is 0 Å². The Labute approximate surface area is 138 Å². The molecule has 1 atom stereocenters. The van der Waals surface area contributed by atoms with Crippen LogP contribution in [0.15, 0.2) is 18.2 Å². The van der Waals surface area contributed by atoms with Gasteiger partial charge in [-0.25, -0.2) is 4.39 Å². The van der Waals surface area contributed by atoms with Crippen molar-refractivity contribution in [2.24, 2.45) is 5.92 Å². The van der Waals surface area contributed by atoms with Crippen molar-refractivity contribution < 1.29 is 4.39 Å². The first kappa shape index (κ1) is 18.7. The first-order chi connectivity index (χ1) is 9.61. The Morgan fingerprint density at radius 3 is 2.62 bits per heavy atom. The maximum Gasteiger partial charge on any atom is 0.141 e. The maximum absolute atomic E-state index is 13.2. The topological polar surface area (TPSA) is 15.3 Å². The van der Waals surface area contributed by atoms with Crippen LogP contribution in [0.3, 0.4) is 0 Å². The minimum Gasteiger partial charge on any atom is -0.320 e. The Balaban J connectivity index is 0.00000220. The van der Waals surface area contributed by atoms with Gasteiger partial charge in [0, 0.05) is 6.04 Å². The summed E-state index contributed by atoms with van der Waals surface area (Å²) in [6, 6.07) is 5.37. The van der Waals surface area contributed by atoms with Crippen molar-refractivity contribution in [3.05, 3.63) is 34.6 Å². The fraction of sp³-hybridized carbons (Fsp3) is 0.625. The van der Waals surface area contributed by atoms with E-state index in [1.807, 2.05) is 13.1 Å². The third-order valence-electron chi connectivity index (χ3n) is 4.43. The van der Waals surface area contributed by atoms with Crippen LogP contribution < -0.4 is 5.32 Å². The van der Waals surface area contributed by atoms with Gasteiger partial charge in [-0.3, -0.25) is 4.90 Å². The van der Waals surface area contributed by atoms with Gasteiger partial charge in [0.1, 0.15) is 5.82 Å². The van der Waals surface area contributed by atoms with E-state index in [2.05, 4.69) is 17.1 Å². The standard InChI is InChI=1S/C16H24ClFN2.ClH/c1-12(14-3-4-16(18)15(17)11-14)20-9-6-13(7-10-20)5-8-19-2;/h3-4,11-13,19H,5-10H2,1-2H3;1H. The van der Waals surface area contributed by atoms with Crippen molar-refractivity contribution in [3.63, 3.8) is 0 Å². The SMILES string of the molecule is CNCCC1CCN(C(C)c2ccc(F)c(Cl)c2)CC1.Cl. The van der Waals surface area contributed by atoms with E-state index in [-0.39, 0.29) is 23.2 Å². The molecule has 1 fully saturated rings. The largest absolute Gasteiger partial charge is 0.320 e. The fourth-order valence-corrected chi connectivity index (χ4v) is 3.15. The molecule has 21 heavy (non-hydrogen) atoms. The molecular weight excluding hydrogens is 310 g/mol.